The molecule has 0 aromatic heterocycles. The Morgan fingerprint density at radius 1 is 1.04 bits per heavy atom. The van der Waals surface area contributed by atoms with Gasteiger partial charge in [-0.25, -0.2) is 0 Å². The summed E-state index contributed by atoms with van der Waals surface area (Å²) in [6.45, 7) is -0.207. The molecule has 0 saturated heterocycles. The average Bonchev–Trinajstić information content (AvgIpc) is 2.48. The standard InChI is InChI=1S/C12H20N4O8/c1-5(12(23)24)15-11(22)7(4-17)16-8(18)3-14-10(21)6(13)2-9(19)20/h5-7,17H,2-4,13H2,1H3,(H,14,21)(H,15,22)(H,16,18)(H,19,20)(H,23,24). The molecular formula is C12H20N4O8. The Morgan fingerprint density at radius 2 is 1.62 bits per heavy atom. The van der Waals surface area contributed by atoms with Gasteiger partial charge in [-0.15, -0.1) is 0 Å². The first kappa shape index (κ1) is 21.3. The normalized spacial score (nSPS) is 14.0. The topological polar surface area (TPSA) is 208 Å². The van der Waals surface area contributed by atoms with Crippen LogP contribution in [0.15, 0.2) is 0 Å². The molecule has 0 rings (SSSR count). The lowest BCUT2D eigenvalue weighted by atomic mass is 10.2. The Morgan fingerprint density at radius 3 is 2.08 bits per heavy atom. The van der Waals surface area contributed by atoms with Gasteiger partial charge in [0.25, 0.3) is 0 Å². The minimum absolute atomic E-state index is 0.607. The number of hydrogen-bond donors (Lipinski definition) is 7. The number of carbonyl (C=O) groups excluding carboxylic acids is 3. The molecule has 0 aromatic carbocycles. The maximum Gasteiger partial charge on any atom is 0.325 e. The van der Waals surface area contributed by atoms with Crippen LogP contribution in [0.4, 0.5) is 0 Å². The fraction of sp³-hybridized carbons (Fsp3) is 0.583. The van der Waals surface area contributed by atoms with E-state index in [1.54, 1.807) is 0 Å². The molecule has 0 aliphatic heterocycles. The number of aliphatic hydroxyl groups excluding tert-OH is 1. The van der Waals surface area contributed by atoms with Gasteiger partial charge >= 0.3 is 11.9 Å². The van der Waals surface area contributed by atoms with Crippen molar-refractivity contribution < 1.29 is 39.3 Å². The van der Waals surface area contributed by atoms with Crippen LogP contribution in [0, 0.1) is 0 Å². The number of carboxylic acids is 2. The quantitative estimate of drug-likeness (QED) is 0.205. The van der Waals surface area contributed by atoms with Crippen molar-refractivity contribution >= 4 is 29.7 Å². The van der Waals surface area contributed by atoms with Crippen molar-refractivity contribution in [2.24, 2.45) is 5.73 Å². The lowest BCUT2D eigenvalue weighted by Crippen LogP contribution is -2.54. The number of carbonyl (C=O) groups is 5. The summed E-state index contributed by atoms with van der Waals surface area (Å²) >= 11 is 0. The zero-order valence-electron chi connectivity index (χ0n) is 12.8. The molecule has 0 saturated carbocycles. The summed E-state index contributed by atoms with van der Waals surface area (Å²) in [6.07, 6.45) is -0.623. The van der Waals surface area contributed by atoms with Crippen LogP contribution in [0.2, 0.25) is 0 Å². The second-order valence-electron chi connectivity index (χ2n) is 4.79. The van der Waals surface area contributed by atoms with Crippen molar-refractivity contribution in [3.63, 3.8) is 0 Å². The molecule has 12 heteroatoms. The highest BCUT2D eigenvalue weighted by Gasteiger charge is 2.24. The van der Waals surface area contributed by atoms with Gasteiger partial charge in [-0.2, -0.15) is 0 Å². The Hall–Kier alpha value is -2.73. The number of hydrogen-bond acceptors (Lipinski definition) is 7. The Bertz CT molecular complexity index is 509. The molecule has 0 aromatic rings. The molecule has 3 unspecified atom stereocenters. The minimum atomic E-state index is -1.41. The van der Waals surface area contributed by atoms with E-state index in [2.05, 4.69) is 16.0 Å². The molecule has 0 bridgehead atoms. The van der Waals surface area contributed by atoms with Gasteiger partial charge in [-0.05, 0) is 6.92 Å². The average molecular weight is 348 g/mol. The first-order chi connectivity index (χ1) is 11.1. The number of nitrogens with one attached hydrogen (secondary N) is 3. The molecule has 12 nitrogen and oxygen atoms in total. The Labute approximate surface area is 136 Å². The van der Waals surface area contributed by atoms with Crippen LogP contribution in [0.3, 0.4) is 0 Å². The third kappa shape index (κ3) is 8.05. The van der Waals surface area contributed by atoms with Gasteiger partial charge in [0.1, 0.15) is 12.1 Å². The summed E-state index contributed by atoms with van der Waals surface area (Å²) in [5, 5.41) is 32.4. The number of aliphatic hydroxyl groups is 1. The predicted octanol–water partition coefficient (Wildman–Crippen LogP) is -4.03. The zero-order chi connectivity index (χ0) is 18.9. The summed E-state index contributed by atoms with van der Waals surface area (Å²) < 4.78 is 0. The van der Waals surface area contributed by atoms with Gasteiger partial charge in [0.05, 0.1) is 25.6 Å². The van der Waals surface area contributed by atoms with Gasteiger partial charge in [0, 0.05) is 0 Å². The summed E-state index contributed by atoms with van der Waals surface area (Å²) in [5.41, 5.74) is 5.28. The Balaban J connectivity index is 4.41. The van der Waals surface area contributed by atoms with Crippen LogP contribution in [-0.4, -0.2) is 76.3 Å². The van der Waals surface area contributed by atoms with Crippen LogP contribution < -0.4 is 21.7 Å². The minimum Gasteiger partial charge on any atom is -0.481 e. The van der Waals surface area contributed by atoms with Crippen molar-refractivity contribution in [2.75, 3.05) is 13.2 Å². The van der Waals surface area contributed by atoms with Gasteiger partial charge in [0.15, 0.2) is 0 Å². The van der Waals surface area contributed by atoms with E-state index >= 15 is 0 Å². The molecule has 24 heavy (non-hydrogen) atoms. The third-order valence-corrected chi connectivity index (χ3v) is 2.72. The molecule has 0 aliphatic rings. The molecular weight excluding hydrogens is 328 g/mol. The highest BCUT2D eigenvalue weighted by atomic mass is 16.4. The summed E-state index contributed by atoms with van der Waals surface area (Å²) in [7, 11) is 0. The third-order valence-electron chi connectivity index (χ3n) is 2.72. The van der Waals surface area contributed by atoms with E-state index in [1.807, 2.05) is 0 Å². The molecule has 8 N–H and O–H groups in total. The number of aliphatic carboxylic acids is 2. The van der Waals surface area contributed by atoms with Gasteiger partial charge in [0.2, 0.25) is 17.7 Å². The lowest BCUT2D eigenvalue weighted by Gasteiger charge is -2.18. The van der Waals surface area contributed by atoms with Gasteiger partial charge in [-0.1, -0.05) is 0 Å². The van der Waals surface area contributed by atoms with Crippen molar-refractivity contribution in [2.45, 2.75) is 31.5 Å². The van der Waals surface area contributed by atoms with E-state index in [-0.39, 0.29) is 0 Å². The highest BCUT2D eigenvalue weighted by molar-refractivity contribution is 5.93. The monoisotopic (exact) mass is 348 g/mol. The van der Waals surface area contributed by atoms with E-state index in [0.717, 1.165) is 0 Å². The number of nitrogens with two attached hydrogens (primary N) is 1. The van der Waals surface area contributed by atoms with Crippen LogP contribution in [0.1, 0.15) is 13.3 Å². The van der Waals surface area contributed by atoms with Crippen LogP contribution in [-0.2, 0) is 24.0 Å². The van der Waals surface area contributed by atoms with Crippen LogP contribution in [0.25, 0.3) is 0 Å². The smallest absolute Gasteiger partial charge is 0.325 e. The molecule has 3 atom stereocenters. The van der Waals surface area contributed by atoms with Crippen LogP contribution in [0.5, 0.6) is 0 Å². The first-order valence-corrected chi connectivity index (χ1v) is 6.77. The molecule has 0 radical (unpaired) electrons. The second-order valence-corrected chi connectivity index (χ2v) is 4.79. The molecule has 0 aliphatic carbocycles. The molecule has 0 heterocycles. The fourth-order valence-corrected chi connectivity index (χ4v) is 1.39. The van der Waals surface area contributed by atoms with E-state index in [1.165, 1.54) is 6.92 Å². The van der Waals surface area contributed by atoms with Crippen molar-refractivity contribution in [1.82, 2.24) is 16.0 Å². The SMILES string of the molecule is CC(NC(=O)C(CO)NC(=O)CNC(=O)C(N)CC(=O)O)C(=O)O. The zero-order valence-corrected chi connectivity index (χ0v) is 12.8. The van der Waals surface area contributed by atoms with E-state index < -0.39 is 67.4 Å². The first-order valence-electron chi connectivity index (χ1n) is 6.77. The molecule has 0 spiro atoms. The van der Waals surface area contributed by atoms with Crippen molar-refractivity contribution in [3.8, 4) is 0 Å². The summed E-state index contributed by atoms with van der Waals surface area (Å²) in [5.74, 6) is -5.24. The van der Waals surface area contributed by atoms with E-state index in [0.29, 0.717) is 0 Å². The highest BCUT2D eigenvalue weighted by Crippen LogP contribution is 1.90. The van der Waals surface area contributed by atoms with Gasteiger partial charge < -0.3 is 37.0 Å². The molecule has 0 fully saturated rings. The fourth-order valence-electron chi connectivity index (χ4n) is 1.39. The number of carboxylic acid groups (broad SMARTS) is 2. The van der Waals surface area contributed by atoms with E-state index in [9.17, 15) is 24.0 Å². The molecule has 3 amide bonds. The van der Waals surface area contributed by atoms with Crippen molar-refractivity contribution in [3.05, 3.63) is 0 Å². The maximum atomic E-state index is 11.7. The second kappa shape index (κ2) is 10.1. The number of amides is 3. The predicted molar refractivity (Wildman–Crippen MR) is 77.5 cm³/mol. The largest absolute Gasteiger partial charge is 0.481 e. The lowest BCUT2D eigenvalue weighted by molar-refractivity contribution is -0.142. The number of rotatable bonds is 10. The molecule has 136 valence electrons. The van der Waals surface area contributed by atoms with E-state index in [4.69, 9.17) is 21.1 Å². The van der Waals surface area contributed by atoms with Gasteiger partial charge in [-0.3, -0.25) is 24.0 Å². The summed E-state index contributed by atoms with van der Waals surface area (Å²) in [4.78, 5) is 55.7. The summed E-state index contributed by atoms with van der Waals surface area (Å²) in [6, 6.07) is -3.98. The Kier molecular flexibility index (Phi) is 8.97. The maximum absolute atomic E-state index is 11.7. The van der Waals surface area contributed by atoms with Crippen LogP contribution >= 0.6 is 0 Å². The van der Waals surface area contributed by atoms with Crippen molar-refractivity contribution in [1.29, 1.82) is 0 Å².